The van der Waals surface area contributed by atoms with Crippen molar-refractivity contribution in [2.45, 2.75) is 238 Å². The average Bonchev–Trinajstić information content (AvgIpc) is 3.02. The van der Waals surface area contributed by atoms with Gasteiger partial charge in [0.25, 0.3) is 0 Å². The Morgan fingerprint density at radius 3 is 1.22 bits per heavy atom. The highest BCUT2D eigenvalue weighted by atomic mass is 16.5. The summed E-state index contributed by atoms with van der Waals surface area (Å²) < 4.78 is 5.96. The lowest BCUT2D eigenvalue weighted by Crippen LogP contribution is -2.18. The normalized spacial score (nSPS) is 12.2. The minimum Gasteiger partial charge on any atom is -0.481 e. The average molecular weight is 635 g/mol. The van der Waals surface area contributed by atoms with E-state index in [9.17, 15) is 9.59 Å². The number of carboxylic acid groups (broad SMARTS) is 1. The summed E-state index contributed by atoms with van der Waals surface area (Å²) in [5.74, 6) is -0.670. The summed E-state index contributed by atoms with van der Waals surface area (Å²) in [5.41, 5.74) is 0. The number of aliphatic carboxylic acids is 1. The molecule has 0 aromatic heterocycles. The van der Waals surface area contributed by atoms with Crippen molar-refractivity contribution in [2.24, 2.45) is 0 Å². The molecule has 4 nitrogen and oxygen atoms in total. The van der Waals surface area contributed by atoms with Crippen molar-refractivity contribution in [1.29, 1.82) is 0 Å². The molecular formula is C41H78O4. The lowest BCUT2D eigenvalue weighted by molar-refractivity contribution is -0.150. The zero-order valence-electron chi connectivity index (χ0n) is 30.4. The third kappa shape index (κ3) is 37.0. The molecule has 0 fully saturated rings. The first-order valence-electron chi connectivity index (χ1n) is 20.2. The molecule has 0 saturated carbocycles. The second-order valence-corrected chi connectivity index (χ2v) is 13.8. The lowest BCUT2D eigenvalue weighted by atomic mass is 10.0. The fourth-order valence-corrected chi connectivity index (χ4v) is 6.24. The van der Waals surface area contributed by atoms with E-state index in [2.05, 4.69) is 26.0 Å². The van der Waals surface area contributed by atoms with Crippen LogP contribution < -0.4 is 0 Å². The van der Waals surface area contributed by atoms with Gasteiger partial charge in [-0.25, -0.2) is 0 Å². The van der Waals surface area contributed by atoms with Crippen molar-refractivity contribution >= 4 is 11.9 Å². The minimum atomic E-state index is -0.686. The van der Waals surface area contributed by atoms with Gasteiger partial charge in [0.05, 0.1) is 0 Å². The van der Waals surface area contributed by atoms with Gasteiger partial charge in [0.2, 0.25) is 0 Å². The monoisotopic (exact) mass is 635 g/mol. The number of hydrogen-bond acceptors (Lipinski definition) is 3. The predicted molar refractivity (Wildman–Crippen MR) is 195 cm³/mol. The molecule has 0 aliphatic carbocycles. The van der Waals surface area contributed by atoms with Crippen molar-refractivity contribution in [1.82, 2.24) is 0 Å². The third-order valence-electron chi connectivity index (χ3n) is 9.24. The minimum absolute atomic E-state index is 0.0159. The van der Waals surface area contributed by atoms with E-state index >= 15 is 0 Å². The molecule has 0 aliphatic heterocycles. The standard InChI is InChI=1S/C41H78O4/c1-3-5-7-9-10-11-12-13-14-15-16-17-18-19-20-21-22-23-27-30-34-38-41(44)45-39(35-31-8-6-4-2)36-32-28-25-24-26-29-33-37-40(42)43/h13-14,39H,3-12,15-38H2,1-2H3,(H,42,43)/b14-13-. The molecule has 0 aliphatic rings. The number of rotatable bonds is 37. The molecule has 0 heterocycles. The van der Waals surface area contributed by atoms with E-state index in [0.29, 0.717) is 12.8 Å². The van der Waals surface area contributed by atoms with E-state index in [0.717, 1.165) is 57.8 Å². The summed E-state index contributed by atoms with van der Waals surface area (Å²) in [5, 5.41) is 8.73. The van der Waals surface area contributed by atoms with Crippen LogP contribution in [0.25, 0.3) is 0 Å². The smallest absolute Gasteiger partial charge is 0.306 e. The first-order valence-corrected chi connectivity index (χ1v) is 20.2. The van der Waals surface area contributed by atoms with Crippen molar-refractivity contribution < 1.29 is 19.4 Å². The van der Waals surface area contributed by atoms with Crippen LogP contribution in [0.3, 0.4) is 0 Å². The highest BCUT2D eigenvalue weighted by molar-refractivity contribution is 5.69. The largest absolute Gasteiger partial charge is 0.481 e. The Kier molecular flexibility index (Phi) is 36.1. The van der Waals surface area contributed by atoms with Gasteiger partial charge in [-0.05, 0) is 64.2 Å². The molecule has 4 heteroatoms. The second kappa shape index (κ2) is 37.1. The van der Waals surface area contributed by atoms with Gasteiger partial charge in [-0.1, -0.05) is 167 Å². The summed E-state index contributed by atoms with van der Waals surface area (Å²) in [4.78, 5) is 23.2. The van der Waals surface area contributed by atoms with Crippen molar-refractivity contribution in [3.8, 4) is 0 Å². The highest BCUT2D eigenvalue weighted by Gasteiger charge is 2.14. The number of carbonyl (C=O) groups excluding carboxylic acids is 1. The van der Waals surface area contributed by atoms with E-state index in [4.69, 9.17) is 9.84 Å². The van der Waals surface area contributed by atoms with Crippen LogP contribution in [-0.2, 0) is 14.3 Å². The van der Waals surface area contributed by atoms with Crippen molar-refractivity contribution in [3.05, 3.63) is 12.2 Å². The summed E-state index contributed by atoms with van der Waals surface area (Å²) in [6, 6.07) is 0. The second-order valence-electron chi connectivity index (χ2n) is 13.8. The molecule has 266 valence electrons. The van der Waals surface area contributed by atoms with E-state index < -0.39 is 5.97 Å². The van der Waals surface area contributed by atoms with Gasteiger partial charge in [0.1, 0.15) is 6.10 Å². The van der Waals surface area contributed by atoms with Crippen LogP contribution in [0.2, 0.25) is 0 Å². The Morgan fingerprint density at radius 2 is 0.800 bits per heavy atom. The van der Waals surface area contributed by atoms with Gasteiger partial charge < -0.3 is 9.84 Å². The van der Waals surface area contributed by atoms with Crippen LogP contribution in [0, 0.1) is 0 Å². The molecule has 45 heavy (non-hydrogen) atoms. The maximum absolute atomic E-state index is 12.6. The van der Waals surface area contributed by atoms with Gasteiger partial charge in [-0.15, -0.1) is 0 Å². The fourth-order valence-electron chi connectivity index (χ4n) is 6.24. The SMILES string of the molecule is CCCCCCCC/C=C\CCCCCCCCCCCCCC(=O)OC(CCCCCC)CCCCCCCCCC(=O)O. The molecule has 0 rings (SSSR count). The number of hydrogen-bond donors (Lipinski definition) is 1. The summed E-state index contributed by atoms with van der Waals surface area (Å²) in [6.45, 7) is 4.52. The highest BCUT2D eigenvalue weighted by Crippen LogP contribution is 2.19. The molecule has 0 aromatic carbocycles. The fraction of sp³-hybridized carbons (Fsp3) is 0.902. The van der Waals surface area contributed by atoms with Crippen LogP contribution in [-0.4, -0.2) is 23.1 Å². The molecule has 0 bridgehead atoms. The van der Waals surface area contributed by atoms with E-state index in [1.165, 1.54) is 148 Å². The van der Waals surface area contributed by atoms with Crippen LogP contribution in [0.1, 0.15) is 232 Å². The third-order valence-corrected chi connectivity index (χ3v) is 9.24. The quantitative estimate of drug-likeness (QED) is 0.0419. The van der Waals surface area contributed by atoms with Crippen LogP contribution in [0.15, 0.2) is 12.2 Å². The van der Waals surface area contributed by atoms with Gasteiger partial charge >= 0.3 is 11.9 Å². The topological polar surface area (TPSA) is 63.6 Å². The molecule has 1 N–H and O–H groups in total. The Balaban J connectivity index is 3.68. The number of unbranched alkanes of at least 4 members (excludes halogenated alkanes) is 26. The Labute approximate surface area is 281 Å². The van der Waals surface area contributed by atoms with Crippen LogP contribution >= 0.6 is 0 Å². The van der Waals surface area contributed by atoms with Crippen LogP contribution in [0.5, 0.6) is 0 Å². The van der Waals surface area contributed by atoms with Gasteiger partial charge in [0, 0.05) is 12.8 Å². The number of carboxylic acids is 1. The van der Waals surface area contributed by atoms with Crippen LogP contribution in [0.4, 0.5) is 0 Å². The lowest BCUT2D eigenvalue weighted by Gasteiger charge is -2.18. The molecule has 0 spiro atoms. The molecule has 0 saturated heterocycles. The Morgan fingerprint density at radius 1 is 0.467 bits per heavy atom. The van der Waals surface area contributed by atoms with Gasteiger partial charge in [-0.2, -0.15) is 0 Å². The first kappa shape index (κ1) is 43.7. The number of allylic oxidation sites excluding steroid dienone is 2. The Hall–Kier alpha value is -1.32. The summed E-state index contributed by atoms with van der Waals surface area (Å²) >= 11 is 0. The predicted octanol–water partition coefficient (Wildman–Crippen LogP) is 13.8. The molecule has 0 aromatic rings. The Bertz CT molecular complexity index is 643. The molecular weight excluding hydrogens is 556 g/mol. The maximum Gasteiger partial charge on any atom is 0.306 e. The molecule has 0 radical (unpaired) electrons. The van der Waals surface area contributed by atoms with Gasteiger partial charge in [0.15, 0.2) is 0 Å². The number of carbonyl (C=O) groups is 2. The summed E-state index contributed by atoms with van der Waals surface area (Å²) in [6.07, 6.45) is 45.5. The first-order chi connectivity index (χ1) is 22.1. The molecule has 0 amide bonds. The molecule has 1 atom stereocenters. The zero-order valence-corrected chi connectivity index (χ0v) is 30.4. The number of ether oxygens (including phenoxy) is 1. The zero-order chi connectivity index (χ0) is 32.9. The maximum atomic E-state index is 12.6. The van der Waals surface area contributed by atoms with E-state index in [1.54, 1.807) is 0 Å². The van der Waals surface area contributed by atoms with Crippen molar-refractivity contribution in [3.63, 3.8) is 0 Å². The van der Waals surface area contributed by atoms with E-state index in [1.807, 2.05) is 0 Å². The molecule has 1 unspecified atom stereocenters. The number of esters is 1. The summed E-state index contributed by atoms with van der Waals surface area (Å²) in [7, 11) is 0. The van der Waals surface area contributed by atoms with Crippen molar-refractivity contribution in [2.75, 3.05) is 0 Å². The van der Waals surface area contributed by atoms with E-state index in [-0.39, 0.29) is 12.1 Å². The van der Waals surface area contributed by atoms with Gasteiger partial charge in [-0.3, -0.25) is 9.59 Å².